The zero-order valence-corrected chi connectivity index (χ0v) is 17.0. The molecular formula is C20H24N2O5S. The number of esters is 1. The van der Waals surface area contributed by atoms with Crippen LogP contribution in [-0.4, -0.2) is 51.9 Å². The normalized spacial score (nSPS) is 14.5. The second-order valence-corrected chi connectivity index (χ2v) is 9.03. The number of sulfonamides is 1. The van der Waals surface area contributed by atoms with Gasteiger partial charge in [-0.2, -0.15) is 0 Å². The van der Waals surface area contributed by atoms with E-state index in [1.54, 1.807) is 24.3 Å². The maximum absolute atomic E-state index is 13.0. The van der Waals surface area contributed by atoms with Gasteiger partial charge in [-0.1, -0.05) is 38.1 Å². The molecule has 0 radical (unpaired) electrons. The summed E-state index contributed by atoms with van der Waals surface area (Å²) in [4.78, 5) is 26.2. The number of carbonyl (C=O) groups is 2. The predicted octanol–water partition coefficient (Wildman–Crippen LogP) is 2.40. The van der Waals surface area contributed by atoms with E-state index in [4.69, 9.17) is 0 Å². The van der Waals surface area contributed by atoms with Gasteiger partial charge in [0.1, 0.15) is 6.54 Å². The molecule has 0 atom stereocenters. The van der Waals surface area contributed by atoms with E-state index in [2.05, 4.69) is 4.74 Å². The highest BCUT2D eigenvalue weighted by Crippen LogP contribution is 2.41. The number of methoxy groups -OCH3 is 1. The quantitative estimate of drug-likeness (QED) is 0.662. The first kappa shape index (κ1) is 20.1. The molecule has 0 saturated carbocycles. The number of benzene rings is 2. The van der Waals surface area contributed by atoms with Crippen molar-refractivity contribution in [1.82, 2.24) is 4.90 Å². The van der Waals surface area contributed by atoms with Crippen molar-refractivity contribution in [2.75, 3.05) is 31.0 Å². The molecule has 0 fully saturated rings. The van der Waals surface area contributed by atoms with Crippen LogP contribution in [0.3, 0.4) is 0 Å². The zero-order valence-electron chi connectivity index (χ0n) is 16.2. The lowest BCUT2D eigenvalue weighted by atomic mass is 10.1. The minimum atomic E-state index is -3.80. The van der Waals surface area contributed by atoms with Crippen molar-refractivity contribution in [3.8, 4) is 0 Å². The van der Waals surface area contributed by atoms with E-state index in [0.717, 1.165) is 5.39 Å². The van der Waals surface area contributed by atoms with E-state index in [0.29, 0.717) is 17.6 Å². The summed E-state index contributed by atoms with van der Waals surface area (Å²) < 4.78 is 31.9. The molecule has 28 heavy (non-hydrogen) atoms. The van der Waals surface area contributed by atoms with Crippen LogP contribution in [0.15, 0.2) is 41.3 Å². The summed E-state index contributed by atoms with van der Waals surface area (Å²) in [6, 6.07) is 10.5. The van der Waals surface area contributed by atoms with Gasteiger partial charge in [0.2, 0.25) is 5.91 Å². The molecule has 0 aliphatic carbocycles. The minimum absolute atomic E-state index is 0.0670. The number of ether oxygens (including phenoxy) is 1. The van der Waals surface area contributed by atoms with Crippen LogP contribution in [0.25, 0.3) is 10.8 Å². The topological polar surface area (TPSA) is 84.0 Å². The molecule has 1 aliphatic rings. The van der Waals surface area contributed by atoms with Gasteiger partial charge < -0.3 is 9.64 Å². The summed E-state index contributed by atoms with van der Waals surface area (Å²) >= 11 is 0. The Hall–Kier alpha value is -2.61. The summed E-state index contributed by atoms with van der Waals surface area (Å²) in [5.41, 5.74) is 0.513. The van der Waals surface area contributed by atoms with Crippen LogP contribution < -0.4 is 4.31 Å². The van der Waals surface area contributed by atoms with E-state index in [1.165, 1.54) is 16.3 Å². The lowest BCUT2D eigenvalue weighted by Crippen LogP contribution is -2.44. The molecule has 0 aromatic heterocycles. The van der Waals surface area contributed by atoms with Gasteiger partial charge in [-0.05, 0) is 23.4 Å². The van der Waals surface area contributed by atoms with Crippen molar-refractivity contribution in [3.05, 3.63) is 36.4 Å². The fourth-order valence-electron chi connectivity index (χ4n) is 3.44. The van der Waals surface area contributed by atoms with Gasteiger partial charge in [-0.3, -0.25) is 13.9 Å². The van der Waals surface area contributed by atoms with E-state index in [1.807, 2.05) is 26.0 Å². The van der Waals surface area contributed by atoms with E-state index in [-0.39, 0.29) is 36.2 Å². The maximum Gasteiger partial charge on any atom is 0.307 e. The summed E-state index contributed by atoms with van der Waals surface area (Å²) in [5.74, 6) is -0.573. The molecule has 0 unspecified atom stereocenters. The van der Waals surface area contributed by atoms with Crippen molar-refractivity contribution in [2.24, 2.45) is 5.92 Å². The van der Waals surface area contributed by atoms with Gasteiger partial charge in [-0.25, -0.2) is 8.42 Å². The molecule has 0 N–H and O–H groups in total. The molecule has 1 amide bonds. The Morgan fingerprint density at radius 1 is 1.14 bits per heavy atom. The molecule has 1 heterocycles. The van der Waals surface area contributed by atoms with Gasteiger partial charge >= 0.3 is 5.97 Å². The highest BCUT2D eigenvalue weighted by Gasteiger charge is 2.37. The Labute approximate surface area is 164 Å². The highest BCUT2D eigenvalue weighted by atomic mass is 32.2. The Balaban J connectivity index is 1.88. The van der Waals surface area contributed by atoms with Crippen LogP contribution in [0.5, 0.6) is 0 Å². The van der Waals surface area contributed by atoms with Gasteiger partial charge in [0, 0.05) is 18.5 Å². The van der Waals surface area contributed by atoms with Gasteiger partial charge in [0.25, 0.3) is 10.0 Å². The minimum Gasteiger partial charge on any atom is -0.469 e. The molecule has 2 aromatic rings. The van der Waals surface area contributed by atoms with Crippen LogP contribution in [-0.2, 0) is 24.3 Å². The fraction of sp³-hybridized carbons (Fsp3) is 0.400. The van der Waals surface area contributed by atoms with E-state index < -0.39 is 16.0 Å². The largest absolute Gasteiger partial charge is 0.469 e. The van der Waals surface area contributed by atoms with Crippen molar-refractivity contribution in [3.63, 3.8) is 0 Å². The molecule has 8 heteroatoms. The number of nitrogens with zero attached hydrogens (tertiary/aromatic N) is 2. The molecular weight excluding hydrogens is 380 g/mol. The Kier molecular flexibility index (Phi) is 5.60. The van der Waals surface area contributed by atoms with Crippen molar-refractivity contribution in [2.45, 2.75) is 25.2 Å². The lowest BCUT2D eigenvalue weighted by Gasteiger charge is -2.27. The van der Waals surface area contributed by atoms with Gasteiger partial charge in [0.15, 0.2) is 0 Å². The zero-order chi connectivity index (χ0) is 20.5. The first-order valence-electron chi connectivity index (χ1n) is 9.14. The molecule has 2 aromatic carbocycles. The fourth-order valence-corrected chi connectivity index (χ4v) is 5.10. The van der Waals surface area contributed by atoms with Crippen LogP contribution >= 0.6 is 0 Å². The number of hydrogen-bond donors (Lipinski definition) is 0. The summed E-state index contributed by atoms with van der Waals surface area (Å²) in [6.45, 7) is 4.24. The molecule has 1 aliphatic heterocycles. The predicted molar refractivity (Wildman–Crippen MR) is 107 cm³/mol. The number of anilines is 1. The second-order valence-electron chi connectivity index (χ2n) is 7.20. The van der Waals surface area contributed by atoms with Gasteiger partial charge in [-0.15, -0.1) is 0 Å². The monoisotopic (exact) mass is 404 g/mol. The average Bonchev–Trinajstić information content (AvgIpc) is 2.88. The van der Waals surface area contributed by atoms with Crippen LogP contribution in [0.4, 0.5) is 5.69 Å². The number of rotatable bonds is 7. The van der Waals surface area contributed by atoms with E-state index in [9.17, 15) is 18.0 Å². The van der Waals surface area contributed by atoms with Crippen LogP contribution in [0.2, 0.25) is 0 Å². The number of amides is 1. The summed E-state index contributed by atoms with van der Waals surface area (Å²) in [5, 5.41) is 1.46. The van der Waals surface area contributed by atoms with E-state index >= 15 is 0 Å². The third-order valence-corrected chi connectivity index (χ3v) is 6.51. The molecule has 0 spiro atoms. The molecule has 0 bridgehead atoms. The van der Waals surface area contributed by atoms with Crippen molar-refractivity contribution in [1.29, 1.82) is 0 Å². The van der Waals surface area contributed by atoms with Gasteiger partial charge in [0.05, 0.1) is 24.1 Å². The molecule has 7 nitrogen and oxygen atoms in total. The first-order chi connectivity index (χ1) is 13.3. The second kappa shape index (κ2) is 7.79. The molecule has 0 saturated heterocycles. The molecule has 3 rings (SSSR count). The SMILES string of the molecule is COC(=O)CCN(CC(C)C)C(=O)CN1c2cccc3cccc(c23)S1(=O)=O. The summed E-state index contributed by atoms with van der Waals surface area (Å²) in [7, 11) is -2.50. The lowest BCUT2D eigenvalue weighted by molar-refractivity contribution is -0.141. The van der Waals surface area contributed by atoms with Crippen molar-refractivity contribution >= 4 is 38.4 Å². The molecule has 150 valence electrons. The Morgan fingerprint density at radius 3 is 2.46 bits per heavy atom. The number of carbonyl (C=O) groups excluding carboxylic acids is 2. The summed E-state index contributed by atoms with van der Waals surface area (Å²) in [6.07, 6.45) is 0.0670. The van der Waals surface area contributed by atoms with Crippen LogP contribution in [0, 0.1) is 5.92 Å². The average molecular weight is 404 g/mol. The number of hydrogen-bond acceptors (Lipinski definition) is 5. The first-order valence-corrected chi connectivity index (χ1v) is 10.6. The Morgan fingerprint density at radius 2 is 1.82 bits per heavy atom. The van der Waals surface area contributed by atoms with Crippen molar-refractivity contribution < 1.29 is 22.7 Å². The standard InChI is InChI=1S/C20H24N2O5S/c1-14(2)12-21(11-10-19(24)27-3)18(23)13-22-16-8-4-6-15-7-5-9-17(20(15)16)28(22,25)26/h4-9,14H,10-13H2,1-3H3. The Bertz CT molecular complexity index is 1010. The third kappa shape index (κ3) is 3.69. The third-order valence-electron chi connectivity index (χ3n) is 4.71. The smallest absolute Gasteiger partial charge is 0.307 e. The van der Waals surface area contributed by atoms with Crippen LogP contribution in [0.1, 0.15) is 20.3 Å². The maximum atomic E-state index is 13.0. The highest BCUT2D eigenvalue weighted by molar-refractivity contribution is 7.93.